The number of hydrogen-bond acceptors (Lipinski definition) is 4. The molecule has 146 valence electrons. The first-order valence-corrected chi connectivity index (χ1v) is 10.9. The van der Waals surface area contributed by atoms with Gasteiger partial charge in [-0.25, -0.2) is 12.8 Å². The molecule has 0 spiro atoms. The number of nitrogens with one attached hydrogen (secondary N) is 1. The van der Waals surface area contributed by atoms with Crippen molar-refractivity contribution in [3.05, 3.63) is 81.9 Å². The van der Waals surface area contributed by atoms with Crippen molar-refractivity contribution in [3.63, 3.8) is 0 Å². The normalized spacial score (nSPS) is 11.2. The quantitative estimate of drug-likeness (QED) is 0.611. The van der Waals surface area contributed by atoms with Crippen LogP contribution in [0, 0.1) is 5.82 Å². The van der Waals surface area contributed by atoms with E-state index in [0.29, 0.717) is 11.3 Å². The summed E-state index contributed by atoms with van der Waals surface area (Å²) in [7, 11) is -2.11. The zero-order valence-electron chi connectivity index (χ0n) is 14.7. The average molecular weight is 439 g/mol. The highest BCUT2D eigenvalue weighted by Crippen LogP contribution is 2.23. The Bertz CT molecular complexity index is 1060. The van der Waals surface area contributed by atoms with Gasteiger partial charge in [0, 0.05) is 35.4 Å². The molecule has 0 atom stereocenters. The van der Waals surface area contributed by atoms with E-state index in [-0.39, 0.29) is 27.2 Å². The fraction of sp³-hybridized carbons (Fsp3) is 0.105. The Morgan fingerprint density at radius 1 is 1.14 bits per heavy atom. The maximum Gasteiger partial charge on any atom is 0.271 e. The number of amides is 1. The maximum atomic E-state index is 13.9. The summed E-state index contributed by atoms with van der Waals surface area (Å²) in [5.41, 5.74) is 0.916. The molecule has 0 bridgehead atoms. The van der Waals surface area contributed by atoms with Gasteiger partial charge in [0.05, 0.1) is 0 Å². The Hall–Kier alpha value is -2.42. The van der Waals surface area contributed by atoms with Crippen molar-refractivity contribution >= 4 is 44.6 Å². The van der Waals surface area contributed by atoms with Crippen molar-refractivity contribution in [1.29, 1.82) is 0 Å². The Labute approximate surface area is 171 Å². The van der Waals surface area contributed by atoms with Crippen LogP contribution in [0.1, 0.15) is 15.9 Å². The molecule has 9 heteroatoms. The zero-order valence-corrected chi connectivity index (χ0v) is 17.1. The van der Waals surface area contributed by atoms with Crippen LogP contribution in [0.4, 0.5) is 10.1 Å². The fourth-order valence-electron chi connectivity index (χ4n) is 2.52. The van der Waals surface area contributed by atoms with Gasteiger partial charge >= 0.3 is 0 Å². The molecule has 3 aromatic rings. The van der Waals surface area contributed by atoms with E-state index in [2.05, 4.69) is 4.72 Å². The summed E-state index contributed by atoms with van der Waals surface area (Å²) >= 11 is 7.12. The lowest BCUT2D eigenvalue weighted by atomic mass is 10.1. The molecule has 2 aromatic carbocycles. The molecule has 3 rings (SSSR count). The molecular weight excluding hydrogens is 423 g/mol. The highest BCUT2D eigenvalue weighted by Gasteiger charge is 2.18. The van der Waals surface area contributed by atoms with Crippen LogP contribution in [0.5, 0.6) is 0 Å². The van der Waals surface area contributed by atoms with Crippen LogP contribution in [-0.2, 0) is 16.6 Å². The number of hydrogen-bond donors (Lipinski definition) is 1. The van der Waals surface area contributed by atoms with Gasteiger partial charge in [0.25, 0.3) is 15.9 Å². The molecule has 5 nitrogen and oxygen atoms in total. The first kappa shape index (κ1) is 20.3. The van der Waals surface area contributed by atoms with E-state index in [1.165, 1.54) is 47.4 Å². The summed E-state index contributed by atoms with van der Waals surface area (Å²) < 4.78 is 41.0. The fourth-order valence-corrected chi connectivity index (χ4v) is 4.79. The van der Waals surface area contributed by atoms with E-state index in [1.807, 2.05) is 0 Å². The van der Waals surface area contributed by atoms with Crippen LogP contribution >= 0.6 is 22.9 Å². The van der Waals surface area contributed by atoms with Crippen molar-refractivity contribution in [3.8, 4) is 0 Å². The van der Waals surface area contributed by atoms with Crippen LogP contribution in [0.25, 0.3) is 0 Å². The lowest BCUT2D eigenvalue weighted by Crippen LogP contribution is -2.26. The highest BCUT2D eigenvalue weighted by molar-refractivity contribution is 7.94. The molecule has 1 amide bonds. The second-order valence-electron chi connectivity index (χ2n) is 5.98. The molecule has 1 N–H and O–H groups in total. The van der Waals surface area contributed by atoms with Gasteiger partial charge in [-0.15, -0.1) is 11.3 Å². The number of carbonyl (C=O) groups is 1. The van der Waals surface area contributed by atoms with E-state index < -0.39 is 15.8 Å². The minimum atomic E-state index is -3.65. The summed E-state index contributed by atoms with van der Waals surface area (Å²) in [6, 6.07) is 13.5. The van der Waals surface area contributed by atoms with Gasteiger partial charge in [-0.2, -0.15) is 0 Å². The number of sulfonamides is 1. The predicted molar refractivity (Wildman–Crippen MR) is 109 cm³/mol. The van der Waals surface area contributed by atoms with Gasteiger partial charge in [0.15, 0.2) is 0 Å². The lowest BCUT2D eigenvalue weighted by molar-refractivity contribution is 0.0784. The maximum absolute atomic E-state index is 13.9. The molecule has 0 aliphatic heterocycles. The van der Waals surface area contributed by atoms with Crippen LogP contribution in [-0.4, -0.2) is 26.3 Å². The lowest BCUT2D eigenvalue weighted by Gasteiger charge is -2.18. The van der Waals surface area contributed by atoms with Crippen molar-refractivity contribution in [1.82, 2.24) is 4.90 Å². The molecule has 0 aliphatic rings. The number of carbonyl (C=O) groups excluding carboxylic acids is 1. The van der Waals surface area contributed by atoms with Crippen LogP contribution in [0.2, 0.25) is 5.02 Å². The van der Waals surface area contributed by atoms with E-state index in [9.17, 15) is 17.6 Å². The van der Waals surface area contributed by atoms with Gasteiger partial charge in [-0.3, -0.25) is 9.52 Å². The Morgan fingerprint density at radius 3 is 2.46 bits per heavy atom. The molecule has 0 aliphatic carbocycles. The Kier molecular flexibility index (Phi) is 6.02. The summed E-state index contributed by atoms with van der Waals surface area (Å²) in [6.07, 6.45) is 0. The smallest absolute Gasteiger partial charge is 0.271 e. The Balaban J connectivity index is 1.71. The van der Waals surface area contributed by atoms with Crippen molar-refractivity contribution in [2.45, 2.75) is 10.8 Å². The van der Waals surface area contributed by atoms with Crippen molar-refractivity contribution in [2.75, 3.05) is 11.8 Å². The first-order chi connectivity index (χ1) is 13.3. The minimum Gasteiger partial charge on any atom is -0.337 e. The molecule has 28 heavy (non-hydrogen) atoms. The summed E-state index contributed by atoms with van der Waals surface area (Å²) in [4.78, 5) is 13.9. The van der Waals surface area contributed by atoms with E-state index in [4.69, 9.17) is 11.6 Å². The standard InChI is InChI=1S/C19H16ClFN2O3S2/c1-23(12-15-16(20)4-2-5-17(15)21)19(24)13-7-9-14(10-8-13)22-28(25,26)18-6-3-11-27-18/h2-11,22H,12H2,1H3. The van der Waals surface area contributed by atoms with Gasteiger partial charge in [-0.1, -0.05) is 23.7 Å². The predicted octanol–water partition coefficient (Wildman–Crippen LogP) is 4.61. The number of anilines is 1. The molecule has 1 aromatic heterocycles. The van der Waals surface area contributed by atoms with Crippen LogP contribution in [0.3, 0.4) is 0 Å². The van der Waals surface area contributed by atoms with Gasteiger partial charge in [-0.05, 0) is 47.8 Å². The molecule has 1 heterocycles. The van der Waals surface area contributed by atoms with Crippen molar-refractivity contribution in [2.24, 2.45) is 0 Å². The average Bonchev–Trinajstić information content (AvgIpc) is 3.20. The molecule has 0 saturated carbocycles. The molecule has 0 saturated heterocycles. The molecule has 0 fully saturated rings. The van der Waals surface area contributed by atoms with E-state index in [1.54, 1.807) is 24.6 Å². The van der Waals surface area contributed by atoms with Gasteiger partial charge in [0.2, 0.25) is 0 Å². The number of rotatable bonds is 6. The highest BCUT2D eigenvalue weighted by atomic mass is 35.5. The topological polar surface area (TPSA) is 66.5 Å². The minimum absolute atomic E-state index is 0.0110. The Morgan fingerprint density at radius 2 is 1.86 bits per heavy atom. The number of halogens is 2. The van der Waals surface area contributed by atoms with E-state index >= 15 is 0 Å². The number of nitrogens with zero attached hydrogens (tertiary/aromatic N) is 1. The summed E-state index contributed by atoms with van der Waals surface area (Å²) in [6.45, 7) is 0.0110. The van der Waals surface area contributed by atoms with Crippen LogP contribution in [0.15, 0.2) is 64.2 Å². The second kappa shape index (κ2) is 8.30. The summed E-state index contributed by atoms with van der Waals surface area (Å²) in [5.74, 6) is -0.822. The number of benzene rings is 2. The summed E-state index contributed by atoms with van der Waals surface area (Å²) in [5, 5.41) is 1.92. The van der Waals surface area contributed by atoms with Gasteiger partial charge in [0.1, 0.15) is 10.0 Å². The molecular formula is C19H16ClFN2O3S2. The van der Waals surface area contributed by atoms with Crippen LogP contribution < -0.4 is 4.72 Å². The third-order valence-electron chi connectivity index (χ3n) is 3.95. The van der Waals surface area contributed by atoms with Crippen molar-refractivity contribution < 1.29 is 17.6 Å². The SMILES string of the molecule is CN(Cc1c(F)cccc1Cl)C(=O)c1ccc(NS(=O)(=O)c2cccs2)cc1. The largest absolute Gasteiger partial charge is 0.337 e. The monoisotopic (exact) mass is 438 g/mol. The molecule has 0 unspecified atom stereocenters. The zero-order chi connectivity index (χ0) is 20.3. The first-order valence-electron chi connectivity index (χ1n) is 8.12. The second-order valence-corrected chi connectivity index (χ2v) is 9.24. The van der Waals surface area contributed by atoms with Gasteiger partial charge < -0.3 is 4.90 Å². The van der Waals surface area contributed by atoms with E-state index in [0.717, 1.165) is 11.3 Å². The third kappa shape index (κ3) is 4.52. The number of thiophene rings is 1. The molecule has 0 radical (unpaired) electrons. The third-order valence-corrected chi connectivity index (χ3v) is 7.08.